The highest BCUT2D eigenvalue weighted by Gasteiger charge is 2.50. The second-order valence-corrected chi connectivity index (χ2v) is 13.4. The molecule has 22 heteroatoms. The van der Waals surface area contributed by atoms with Crippen molar-refractivity contribution in [2.45, 2.75) is 50.2 Å². The molecule has 0 aromatic carbocycles. The van der Waals surface area contributed by atoms with E-state index in [1.54, 1.807) is 17.6 Å². The number of pyridine rings is 1. The number of aromatic nitrogens is 7. The monoisotopic (exact) mass is 655 g/mol. The summed E-state index contributed by atoms with van der Waals surface area (Å²) in [6.45, 7) is 0.650. The summed E-state index contributed by atoms with van der Waals surface area (Å²) in [4.78, 5) is 52.8. The van der Waals surface area contributed by atoms with E-state index >= 15 is 0 Å². The minimum atomic E-state index is -4.83. The van der Waals surface area contributed by atoms with Crippen molar-refractivity contribution in [1.29, 1.82) is 0 Å². The number of phosphoric ester groups is 2. The third-order valence-electron chi connectivity index (χ3n) is 7.63. The highest BCUT2D eigenvalue weighted by molar-refractivity contribution is 7.47. The average Bonchev–Trinajstić information content (AvgIpc) is 3.72. The number of ether oxygens (including phenoxy) is 2. The van der Waals surface area contributed by atoms with Gasteiger partial charge in [0.05, 0.1) is 37.7 Å². The van der Waals surface area contributed by atoms with Crippen LogP contribution in [0.3, 0.4) is 0 Å². The van der Waals surface area contributed by atoms with E-state index < -0.39 is 77.2 Å². The third-order valence-corrected chi connectivity index (χ3v) is 9.63. The van der Waals surface area contributed by atoms with E-state index in [9.17, 15) is 23.7 Å². The van der Waals surface area contributed by atoms with Gasteiger partial charge in [-0.3, -0.25) is 37.0 Å². The Morgan fingerprint density at radius 1 is 0.932 bits per heavy atom. The number of imidazole rings is 2. The van der Waals surface area contributed by atoms with E-state index in [0.29, 0.717) is 16.9 Å². The first-order valence-electron chi connectivity index (χ1n) is 13.3. The maximum Gasteiger partial charge on any atom is 0.472 e. The normalized spacial score (nSPS) is 36.6. The molecule has 0 saturated carbocycles. The molecule has 7 heterocycles. The topological polar surface area (TPSA) is 276 Å². The standard InChI is InChI=1S/C22H27N9O11P2/c1-9-16-13(40-20(9)30-7-26-14-11(23)2-3-25-17(14)30)6-38-43(33,34)41-12-4-10(5-37-44(35,36)42-16)39-21(12)31-8-27-15-18(31)28-22(24)29-19(15)32/h2-3,7-10,12-13,16,20-21H,4-6H2,1H3,(H2,23,25)(H,33,34)(H,35,36)(H3,24,28,29,32)/t9-,10+,12-,13-,16+,20-,21-/m1/s1. The number of hydrogen-bond donors (Lipinski definition) is 5. The molecule has 7 N–H and O–H groups in total. The number of nitrogens with one attached hydrogen (secondary N) is 1. The molecule has 0 aliphatic carbocycles. The Morgan fingerprint density at radius 2 is 1.64 bits per heavy atom. The summed E-state index contributed by atoms with van der Waals surface area (Å²) in [5.41, 5.74) is 12.2. The molecule has 0 amide bonds. The van der Waals surface area contributed by atoms with Crippen LogP contribution in [0.15, 0.2) is 29.7 Å². The number of aromatic amines is 1. The van der Waals surface area contributed by atoms with Gasteiger partial charge in [-0.2, -0.15) is 4.98 Å². The smallest absolute Gasteiger partial charge is 0.397 e. The zero-order valence-electron chi connectivity index (χ0n) is 22.8. The second kappa shape index (κ2) is 10.7. The summed E-state index contributed by atoms with van der Waals surface area (Å²) >= 11 is 0. The molecule has 0 radical (unpaired) electrons. The van der Waals surface area contributed by atoms with Crippen molar-refractivity contribution >= 4 is 49.6 Å². The van der Waals surface area contributed by atoms with Gasteiger partial charge in [-0.1, -0.05) is 6.92 Å². The van der Waals surface area contributed by atoms with Crippen molar-refractivity contribution in [3.05, 3.63) is 35.3 Å². The summed E-state index contributed by atoms with van der Waals surface area (Å²) in [6, 6.07) is 1.59. The van der Waals surface area contributed by atoms with Crippen LogP contribution in [-0.4, -0.2) is 81.5 Å². The van der Waals surface area contributed by atoms with E-state index in [4.69, 9.17) is 39.0 Å². The van der Waals surface area contributed by atoms with Gasteiger partial charge in [-0.15, -0.1) is 0 Å². The number of nitrogens with zero attached hydrogens (tertiary/aromatic N) is 6. The lowest BCUT2D eigenvalue weighted by Crippen LogP contribution is -2.32. The maximum absolute atomic E-state index is 13.2. The molecular weight excluding hydrogens is 628 g/mol. The van der Waals surface area contributed by atoms with Crippen LogP contribution in [0.5, 0.6) is 0 Å². The molecule has 4 aromatic heterocycles. The van der Waals surface area contributed by atoms with Gasteiger partial charge in [0.25, 0.3) is 5.56 Å². The van der Waals surface area contributed by atoms with E-state index in [1.807, 2.05) is 0 Å². The predicted molar refractivity (Wildman–Crippen MR) is 147 cm³/mol. The number of H-pyrrole nitrogens is 1. The quantitative estimate of drug-likeness (QED) is 0.185. The van der Waals surface area contributed by atoms with Gasteiger partial charge < -0.3 is 30.7 Å². The molecule has 2 bridgehead atoms. The van der Waals surface area contributed by atoms with E-state index in [-0.39, 0.29) is 23.5 Å². The molecule has 3 aliphatic rings. The van der Waals surface area contributed by atoms with Gasteiger partial charge in [-0.05, 0) is 6.07 Å². The SMILES string of the molecule is C[C@@H]1[C@@H]2OP(=O)(O)OC[C@@H]3C[C@@H](OP(=O)(O)OC[C@H]2O[C@H]1n1cnc2c(N)ccnc21)[C@H](n1cnc2c(=O)[nH]c(N)nc21)O3. The van der Waals surface area contributed by atoms with Gasteiger partial charge in [0.2, 0.25) is 5.95 Å². The van der Waals surface area contributed by atoms with E-state index in [1.165, 1.54) is 23.4 Å². The van der Waals surface area contributed by atoms with Gasteiger partial charge >= 0.3 is 15.6 Å². The number of rotatable bonds is 2. The number of anilines is 2. The summed E-state index contributed by atoms with van der Waals surface area (Å²) in [7, 11) is -9.58. The summed E-state index contributed by atoms with van der Waals surface area (Å²) in [6.07, 6.45) is -2.32. The number of fused-ring (bicyclic) bond motifs is 5. The Hall–Kier alpha value is -3.29. The molecular formula is C22H27N9O11P2. The Balaban J connectivity index is 1.19. The largest absolute Gasteiger partial charge is 0.472 e. The summed E-state index contributed by atoms with van der Waals surface area (Å²) < 4.78 is 63.1. The van der Waals surface area contributed by atoms with Crippen molar-refractivity contribution in [3.63, 3.8) is 0 Å². The highest BCUT2D eigenvalue weighted by Crippen LogP contribution is 2.54. The van der Waals surface area contributed by atoms with Crippen molar-refractivity contribution in [3.8, 4) is 0 Å². The Kier molecular flexibility index (Phi) is 7.13. The number of nitrogens with two attached hydrogens (primary N) is 2. The number of hydrogen-bond acceptors (Lipinski definition) is 15. The summed E-state index contributed by atoms with van der Waals surface area (Å²) in [5, 5.41) is 0. The van der Waals surface area contributed by atoms with Crippen molar-refractivity contribution in [2.75, 3.05) is 24.7 Å². The fourth-order valence-electron chi connectivity index (χ4n) is 5.66. The maximum atomic E-state index is 13.2. The van der Waals surface area contributed by atoms with Crippen molar-refractivity contribution in [2.24, 2.45) is 5.92 Å². The molecule has 236 valence electrons. The molecule has 4 aromatic rings. The second-order valence-electron chi connectivity index (χ2n) is 10.6. The molecule has 20 nitrogen and oxygen atoms in total. The lowest BCUT2D eigenvalue weighted by atomic mass is 10.0. The first kappa shape index (κ1) is 29.4. The van der Waals surface area contributed by atoms with Crippen LogP contribution < -0.4 is 17.0 Å². The molecule has 0 spiro atoms. The fourth-order valence-corrected chi connectivity index (χ4v) is 7.64. The number of phosphoric acid groups is 2. The Bertz CT molecular complexity index is 1900. The van der Waals surface area contributed by atoms with Gasteiger partial charge in [0.15, 0.2) is 23.0 Å². The Morgan fingerprint density at radius 3 is 2.43 bits per heavy atom. The molecule has 3 aliphatic heterocycles. The lowest BCUT2D eigenvalue weighted by molar-refractivity contribution is -0.0668. The average molecular weight is 655 g/mol. The first-order valence-corrected chi connectivity index (χ1v) is 16.3. The van der Waals surface area contributed by atoms with Crippen molar-refractivity contribution < 1.29 is 46.5 Å². The molecule has 2 unspecified atom stereocenters. The lowest BCUT2D eigenvalue weighted by Gasteiger charge is -2.26. The van der Waals surface area contributed by atoms with Gasteiger partial charge in [0.1, 0.15) is 30.1 Å². The first-order chi connectivity index (χ1) is 20.9. The predicted octanol–water partition coefficient (Wildman–Crippen LogP) is 0.568. The minimum absolute atomic E-state index is 0.0166. The van der Waals surface area contributed by atoms with Gasteiger partial charge in [0, 0.05) is 18.5 Å². The van der Waals surface area contributed by atoms with E-state index in [0.717, 1.165) is 0 Å². The zero-order chi connectivity index (χ0) is 31.0. The summed E-state index contributed by atoms with van der Waals surface area (Å²) in [5.74, 6) is -0.829. The van der Waals surface area contributed by atoms with Crippen LogP contribution in [-0.2, 0) is 36.7 Å². The highest BCUT2D eigenvalue weighted by atomic mass is 31.2. The van der Waals surface area contributed by atoms with Crippen LogP contribution in [0.2, 0.25) is 0 Å². The molecule has 3 saturated heterocycles. The molecule has 9 atom stereocenters. The fraction of sp³-hybridized carbons (Fsp3) is 0.500. The molecule has 44 heavy (non-hydrogen) atoms. The van der Waals surface area contributed by atoms with Crippen LogP contribution >= 0.6 is 15.6 Å². The van der Waals surface area contributed by atoms with Crippen LogP contribution in [0.4, 0.5) is 11.6 Å². The number of nitrogen functional groups attached to an aromatic ring is 2. The molecule has 3 fully saturated rings. The minimum Gasteiger partial charge on any atom is -0.397 e. The van der Waals surface area contributed by atoms with Crippen LogP contribution in [0, 0.1) is 5.92 Å². The van der Waals surface area contributed by atoms with Gasteiger partial charge in [-0.25, -0.2) is 24.1 Å². The van der Waals surface area contributed by atoms with Crippen LogP contribution in [0.25, 0.3) is 22.3 Å². The van der Waals surface area contributed by atoms with Crippen LogP contribution in [0.1, 0.15) is 25.8 Å². The zero-order valence-corrected chi connectivity index (χ0v) is 24.6. The Labute approximate surface area is 246 Å². The van der Waals surface area contributed by atoms with E-state index in [2.05, 4.69) is 24.9 Å². The van der Waals surface area contributed by atoms with Crippen molar-refractivity contribution in [1.82, 2.24) is 34.1 Å². The third kappa shape index (κ3) is 5.22. The molecule has 7 rings (SSSR count).